The number of aryl methyl sites for hydroxylation is 1. The molecule has 116 valence electrons. The average Bonchev–Trinajstić information content (AvgIpc) is 2.83. The van der Waals surface area contributed by atoms with Crippen molar-refractivity contribution in [3.8, 4) is 0 Å². The summed E-state index contributed by atoms with van der Waals surface area (Å²) in [5, 5.41) is 6.84. The Morgan fingerprint density at radius 3 is 2.55 bits per heavy atom. The Kier molecular flexibility index (Phi) is 5.08. The lowest BCUT2D eigenvalue weighted by atomic mass is 9.87. The molecule has 1 amide bonds. The molecule has 0 aliphatic heterocycles. The standard InChI is InChI=1S/C17H21N3OS/c1-12-19-15(11-22-12)9-16(21)20-18-10-13-5-7-14(8-6-13)17(2,3)4/h5-8,10-11H,9H2,1-4H3,(H,20,21). The zero-order valence-electron chi connectivity index (χ0n) is 13.4. The largest absolute Gasteiger partial charge is 0.273 e. The van der Waals surface area contributed by atoms with E-state index in [1.165, 1.54) is 5.56 Å². The molecule has 1 N–H and O–H groups in total. The topological polar surface area (TPSA) is 54.4 Å². The lowest BCUT2D eigenvalue weighted by Gasteiger charge is -2.18. The van der Waals surface area contributed by atoms with E-state index in [1.807, 2.05) is 24.4 Å². The van der Waals surface area contributed by atoms with Crippen LogP contribution in [0.1, 0.15) is 42.6 Å². The molecule has 4 nitrogen and oxygen atoms in total. The van der Waals surface area contributed by atoms with E-state index in [1.54, 1.807) is 17.6 Å². The van der Waals surface area contributed by atoms with Gasteiger partial charge in [-0.15, -0.1) is 11.3 Å². The number of carbonyl (C=O) groups excluding carboxylic acids is 1. The zero-order valence-corrected chi connectivity index (χ0v) is 14.2. The second-order valence-electron chi connectivity index (χ2n) is 6.20. The fourth-order valence-electron chi connectivity index (χ4n) is 1.94. The maximum absolute atomic E-state index is 11.7. The van der Waals surface area contributed by atoms with Crippen LogP contribution in [0, 0.1) is 6.92 Å². The van der Waals surface area contributed by atoms with Gasteiger partial charge in [-0.05, 0) is 23.5 Å². The highest BCUT2D eigenvalue weighted by Crippen LogP contribution is 2.21. The first kappa shape index (κ1) is 16.4. The van der Waals surface area contributed by atoms with Gasteiger partial charge in [0, 0.05) is 5.38 Å². The number of aromatic nitrogens is 1. The van der Waals surface area contributed by atoms with Gasteiger partial charge in [0.25, 0.3) is 0 Å². The molecular formula is C17H21N3OS. The van der Waals surface area contributed by atoms with Crippen molar-refractivity contribution in [2.75, 3.05) is 0 Å². The molecule has 5 heteroatoms. The number of amides is 1. The molecular weight excluding hydrogens is 294 g/mol. The zero-order chi connectivity index (χ0) is 16.2. The minimum Gasteiger partial charge on any atom is -0.273 e. The minimum absolute atomic E-state index is 0.134. The van der Waals surface area contributed by atoms with Gasteiger partial charge < -0.3 is 0 Å². The molecule has 0 aliphatic carbocycles. The lowest BCUT2D eigenvalue weighted by Crippen LogP contribution is -2.19. The summed E-state index contributed by atoms with van der Waals surface area (Å²) >= 11 is 1.54. The van der Waals surface area contributed by atoms with Crippen molar-refractivity contribution in [3.63, 3.8) is 0 Å². The number of hydrogen-bond donors (Lipinski definition) is 1. The molecule has 1 aromatic heterocycles. The van der Waals surface area contributed by atoms with E-state index >= 15 is 0 Å². The normalized spacial score (nSPS) is 11.8. The Hall–Kier alpha value is -2.01. The van der Waals surface area contributed by atoms with Crippen LogP contribution in [-0.4, -0.2) is 17.1 Å². The van der Waals surface area contributed by atoms with Crippen LogP contribution in [0.4, 0.5) is 0 Å². The van der Waals surface area contributed by atoms with Gasteiger partial charge in [0.2, 0.25) is 5.91 Å². The van der Waals surface area contributed by atoms with Crippen molar-refractivity contribution in [1.82, 2.24) is 10.4 Å². The first-order valence-electron chi connectivity index (χ1n) is 7.18. The molecule has 2 aromatic rings. The van der Waals surface area contributed by atoms with Crippen LogP contribution in [0.3, 0.4) is 0 Å². The smallest absolute Gasteiger partial charge is 0.246 e. The van der Waals surface area contributed by atoms with Crippen molar-refractivity contribution in [1.29, 1.82) is 0 Å². The number of nitrogens with zero attached hydrogens (tertiary/aromatic N) is 2. The highest BCUT2D eigenvalue weighted by Gasteiger charge is 2.12. The summed E-state index contributed by atoms with van der Waals surface area (Å²) in [6.07, 6.45) is 1.90. The van der Waals surface area contributed by atoms with Gasteiger partial charge in [-0.3, -0.25) is 4.79 Å². The second kappa shape index (κ2) is 6.83. The van der Waals surface area contributed by atoms with Crippen LogP contribution in [0.5, 0.6) is 0 Å². The van der Waals surface area contributed by atoms with Crippen LogP contribution in [0.25, 0.3) is 0 Å². The minimum atomic E-state index is -0.159. The van der Waals surface area contributed by atoms with Gasteiger partial charge in [-0.2, -0.15) is 5.10 Å². The third-order valence-corrected chi connectivity index (χ3v) is 4.01. The number of nitrogens with one attached hydrogen (secondary N) is 1. The molecule has 1 aromatic carbocycles. The van der Waals surface area contributed by atoms with Gasteiger partial charge in [0.15, 0.2) is 0 Å². The van der Waals surface area contributed by atoms with Gasteiger partial charge in [-0.1, -0.05) is 45.0 Å². The van der Waals surface area contributed by atoms with Crippen LogP contribution in [0.2, 0.25) is 0 Å². The molecule has 0 fully saturated rings. The number of thiazole rings is 1. The van der Waals surface area contributed by atoms with Gasteiger partial charge in [0.05, 0.1) is 23.3 Å². The van der Waals surface area contributed by atoms with Crippen LogP contribution in [0.15, 0.2) is 34.7 Å². The number of hydrogen-bond acceptors (Lipinski definition) is 4. The third kappa shape index (κ3) is 4.77. The molecule has 0 radical (unpaired) electrons. The van der Waals surface area contributed by atoms with Gasteiger partial charge in [0.1, 0.15) is 0 Å². The van der Waals surface area contributed by atoms with Crippen molar-refractivity contribution in [2.24, 2.45) is 5.10 Å². The first-order chi connectivity index (χ1) is 10.3. The Morgan fingerprint density at radius 1 is 1.32 bits per heavy atom. The highest BCUT2D eigenvalue weighted by molar-refractivity contribution is 7.09. The molecule has 0 saturated heterocycles. The molecule has 0 bridgehead atoms. The molecule has 2 rings (SSSR count). The van der Waals surface area contributed by atoms with Crippen molar-refractivity contribution < 1.29 is 4.79 Å². The van der Waals surface area contributed by atoms with Crippen LogP contribution in [-0.2, 0) is 16.6 Å². The molecule has 1 heterocycles. The van der Waals surface area contributed by atoms with Crippen LogP contribution >= 0.6 is 11.3 Å². The summed E-state index contributed by atoms with van der Waals surface area (Å²) in [6.45, 7) is 8.45. The molecule has 0 atom stereocenters. The summed E-state index contributed by atoms with van der Waals surface area (Å²) in [5.74, 6) is -0.159. The highest BCUT2D eigenvalue weighted by atomic mass is 32.1. The lowest BCUT2D eigenvalue weighted by molar-refractivity contribution is -0.120. The van der Waals surface area contributed by atoms with E-state index in [2.05, 4.69) is 48.4 Å². The van der Waals surface area contributed by atoms with Crippen LogP contribution < -0.4 is 5.43 Å². The third-order valence-electron chi connectivity index (χ3n) is 3.19. The predicted molar refractivity (Wildman–Crippen MR) is 91.4 cm³/mol. The number of carbonyl (C=O) groups is 1. The fraction of sp³-hybridized carbons (Fsp3) is 0.353. The van der Waals surface area contributed by atoms with E-state index in [-0.39, 0.29) is 17.7 Å². The van der Waals surface area contributed by atoms with E-state index < -0.39 is 0 Å². The Balaban J connectivity index is 1.88. The van der Waals surface area contributed by atoms with Gasteiger partial charge in [-0.25, -0.2) is 10.4 Å². The maximum Gasteiger partial charge on any atom is 0.246 e. The van der Waals surface area contributed by atoms with E-state index in [0.29, 0.717) is 0 Å². The van der Waals surface area contributed by atoms with E-state index in [9.17, 15) is 4.79 Å². The van der Waals surface area contributed by atoms with Crippen molar-refractivity contribution in [2.45, 2.75) is 39.5 Å². The summed E-state index contributed by atoms with van der Waals surface area (Å²) in [6, 6.07) is 8.17. The number of benzene rings is 1. The fourth-order valence-corrected chi connectivity index (χ4v) is 2.55. The number of rotatable bonds is 4. The second-order valence-corrected chi connectivity index (χ2v) is 7.26. The predicted octanol–water partition coefficient (Wildman–Crippen LogP) is 3.44. The molecule has 0 spiro atoms. The molecule has 0 unspecified atom stereocenters. The maximum atomic E-state index is 11.7. The van der Waals surface area contributed by atoms with E-state index in [4.69, 9.17) is 0 Å². The Bertz CT molecular complexity index is 666. The molecule has 0 saturated carbocycles. The monoisotopic (exact) mass is 315 g/mol. The summed E-state index contributed by atoms with van der Waals surface area (Å²) in [7, 11) is 0. The van der Waals surface area contributed by atoms with Gasteiger partial charge >= 0.3 is 0 Å². The molecule has 0 aliphatic rings. The summed E-state index contributed by atoms with van der Waals surface area (Å²) in [4.78, 5) is 16.0. The summed E-state index contributed by atoms with van der Waals surface area (Å²) < 4.78 is 0. The molecule has 22 heavy (non-hydrogen) atoms. The number of hydrazone groups is 1. The first-order valence-corrected chi connectivity index (χ1v) is 8.06. The summed E-state index contributed by atoms with van der Waals surface area (Å²) in [5.41, 5.74) is 5.67. The quantitative estimate of drug-likeness (QED) is 0.694. The van der Waals surface area contributed by atoms with E-state index in [0.717, 1.165) is 16.3 Å². The Morgan fingerprint density at radius 2 is 2.00 bits per heavy atom. The Labute approximate surface area is 135 Å². The van der Waals surface area contributed by atoms with Crippen molar-refractivity contribution in [3.05, 3.63) is 51.5 Å². The average molecular weight is 315 g/mol. The SMILES string of the molecule is Cc1nc(CC(=O)NN=Cc2ccc(C(C)(C)C)cc2)cs1. The van der Waals surface area contributed by atoms with Crippen molar-refractivity contribution >= 4 is 23.5 Å².